The maximum atomic E-state index is 9.86. The molecule has 108 valence electrons. The van der Waals surface area contributed by atoms with Gasteiger partial charge in [-0.3, -0.25) is 0 Å². The van der Waals surface area contributed by atoms with E-state index >= 15 is 0 Å². The number of hydrogen-bond acceptors (Lipinski definition) is 5. The standard InChI is InChI=1S/C15H20N2O3/c1-19-14-6-12(7-14)17-9-13(18)10-20-15-5-3-2-4-11(15)8-16/h2-5,12-14,17-18H,6-7,9-10H2,1H3. The van der Waals surface area contributed by atoms with Crippen LogP contribution in [0, 0.1) is 11.3 Å². The number of ether oxygens (including phenoxy) is 2. The molecule has 1 aliphatic carbocycles. The lowest BCUT2D eigenvalue weighted by Gasteiger charge is -2.35. The smallest absolute Gasteiger partial charge is 0.137 e. The van der Waals surface area contributed by atoms with Crippen molar-refractivity contribution in [2.24, 2.45) is 0 Å². The highest BCUT2D eigenvalue weighted by molar-refractivity contribution is 5.42. The van der Waals surface area contributed by atoms with E-state index < -0.39 is 6.10 Å². The van der Waals surface area contributed by atoms with Crippen LogP contribution >= 0.6 is 0 Å². The van der Waals surface area contributed by atoms with Crippen molar-refractivity contribution in [1.82, 2.24) is 5.32 Å². The van der Waals surface area contributed by atoms with Crippen LogP contribution in [0.3, 0.4) is 0 Å². The van der Waals surface area contributed by atoms with Crippen molar-refractivity contribution in [2.45, 2.75) is 31.1 Å². The van der Waals surface area contributed by atoms with Crippen LogP contribution in [0.5, 0.6) is 5.75 Å². The van der Waals surface area contributed by atoms with Gasteiger partial charge in [0.15, 0.2) is 0 Å². The molecule has 0 aliphatic heterocycles. The monoisotopic (exact) mass is 276 g/mol. The van der Waals surface area contributed by atoms with Gasteiger partial charge in [0.2, 0.25) is 0 Å². The Labute approximate surface area is 119 Å². The van der Waals surface area contributed by atoms with Gasteiger partial charge in [-0.1, -0.05) is 12.1 Å². The van der Waals surface area contributed by atoms with Gasteiger partial charge < -0.3 is 19.9 Å². The number of aliphatic hydroxyl groups excluding tert-OH is 1. The van der Waals surface area contributed by atoms with Crippen molar-refractivity contribution in [3.63, 3.8) is 0 Å². The third-order valence-electron chi connectivity index (χ3n) is 3.51. The highest BCUT2D eigenvalue weighted by atomic mass is 16.5. The zero-order valence-electron chi connectivity index (χ0n) is 11.6. The summed E-state index contributed by atoms with van der Waals surface area (Å²) in [5.74, 6) is 0.511. The van der Waals surface area contributed by atoms with Crippen LogP contribution in [0.1, 0.15) is 18.4 Å². The summed E-state index contributed by atoms with van der Waals surface area (Å²) in [6, 6.07) is 9.49. The van der Waals surface area contributed by atoms with Crippen molar-refractivity contribution in [1.29, 1.82) is 5.26 Å². The highest BCUT2D eigenvalue weighted by Gasteiger charge is 2.28. The molecule has 0 heterocycles. The predicted octanol–water partition coefficient (Wildman–Crippen LogP) is 1.06. The third kappa shape index (κ3) is 3.94. The van der Waals surface area contributed by atoms with Crippen LogP contribution < -0.4 is 10.1 Å². The Morgan fingerprint density at radius 3 is 2.90 bits per heavy atom. The number of rotatable bonds is 7. The van der Waals surface area contributed by atoms with Gasteiger partial charge in [0.1, 0.15) is 24.5 Å². The van der Waals surface area contributed by atoms with Gasteiger partial charge in [-0.05, 0) is 25.0 Å². The van der Waals surface area contributed by atoms with Crippen molar-refractivity contribution >= 4 is 0 Å². The first-order chi connectivity index (χ1) is 9.72. The minimum Gasteiger partial charge on any atom is -0.489 e. The summed E-state index contributed by atoms with van der Waals surface area (Å²) in [6.07, 6.45) is 1.73. The summed E-state index contributed by atoms with van der Waals surface area (Å²) in [7, 11) is 1.72. The van der Waals surface area contributed by atoms with Gasteiger partial charge in [0.05, 0.1) is 11.7 Å². The molecule has 2 rings (SSSR count). The predicted molar refractivity (Wildman–Crippen MR) is 74.5 cm³/mol. The molecular formula is C15H20N2O3. The molecule has 1 aliphatic rings. The molecule has 1 fully saturated rings. The normalized spacial score (nSPS) is 22.6. The topological polar surface area (TPSA) is 74.5 Å². The molecule has 0 saturated heterocycles. The Morgan fingerprint density at radius 2 is 2.20 bits per heavy atom. The molecule has 5 nitrogen and oxygen atoms in total. The summed E-state index contributed by atoms with van der Waals surface area (Å²) in [5.41, 5.74) is 0.481. The molecule has 0 radical (unpaired) electrons. The Balaban J connectivity index is 1.68. The zero-order chi connectivity index (χ0) is 14.4. The zero-order valence-corrected chi connectivity index (χ0v) is 11.6. The average molecular weight is 276 g/mol. The molecule has 0 bridgehead atoms. The van der Waals surface area contributed by atoms with Gasteiger partial charge >= 0.3 is 0 Å². The highest BCUT2D eigenvalue weighted by Crippen LogP contribution is 2.22. The van der Waals surface area contributed by atoms with E-state index in [2.05, 4.69) is 11.4 Å². The lowest BCUT2D eigenvalue weighted by molar-refractivity contribution is 0.0117. The average Bonchev–Trinajstić information content (AvgIpc) is 2.44. The molecule has 1 unspecified atom stereocenters. The SMILES string of the molecule is COC1CC(NCC(O)COc2ccccc2C#N)C1. The van der Waals surface area contributed by atoms with Crippen LogP contribution in [0.4, 0.5) is 0 Å². The molecule has 1 saturated carbocycles. The number of aliphatic hydroxyl groups is 1. The van der Waals surface area contributed by atoms with Crippen molar-refractivity contribution in [3.8, 4) is 11.8 Å². The fraction of sp³-hybridized carbons (Fsp3) is 0.533. The van der Waals surface area contributed by atoms with E-state index in [1.807, 2.05) is 0 Å². The van der Waals surface area contributed by atoms with E-state index in [1.165, 1.54) is 0 Å². The Kier molecular flexibility index (Phi) is 5.36. The van der Waals surface area contributed by atoms with Crippen molar-refractivity contribution < 1.29 is 14.6 Å². The van der Waals surface area contributed by atoms with E-state index in [0.29, 0.717) is 30.0 Å². The lowest BCUT2D eigenvalue weighted by atomic mass is 9.89. The first-order valence-corrected chi connectivity index (χ1v) is 6.79. The van der Waals surface area contributed by atoms with Crippen molar-refractivity contribution in [2.75, 3.05) is 20.3 Å². The number of nitrogens with one attached hydrogen (secondary N) is 1. The minimum atomic E-state index is -0.594. The van der Waals surface area contributed by atoms with Crippen LogP contribution in [-0.4, -0.2) is 43.6 Å². The van der Waals surface area contributed by atoms with E-state index in [9.17, 15) is 5.11 Å². The number of methoxy groups -OCH3 is 1. The van der Waals surface area contributed by atoms with Crippen LogP contribution in [0.15, 0.2) is 24.3 Å². The number of benzene rings is 1. The second-order valence-electron chi connectivity index (χ2n) is 5.01. The van der Waals surface area contributed by atoms with Crippen LogP contribution in [0.25, 0.3) is 0 Å². The van der Waals surface area contributed by atoms with Crippen molar-refractivity contribution in [3.05, 3.63) is 29.8 Å². The van der Waals surface area contributed by atoms with Crippen LogP contribution in [-0.2, 0) is 4.74 Å². The maximum Gasteiger partial charge on any atom is 0.137 e. The summed E-state index contributed by atoms with van der Waals surface area (Å²) in [5, 5.41) is 22.1. The molecule has 1 aromatic carbocycles. The van der Waals surface area contributed by atoms with E-state index in [0.717, 1.165) is 12.8 Å². The molecule has 5 heteroatoms. The van der Waals surface area contributed by atoms with Gasteiger partial charge in [-0.15, -0.1) is 0 Å². The first-order valence-electron chi connectivity index (χ1n) is 6.79. The molecule has 0 aromatic heterocycles. The second-order valence-corrected chi connectivity index (χ2v) is 5.01. The van der Waals surface area contributed by atoms with E-state index in [-0.39, 0.29) is 6.61 Å². The Bertz CT molecular complexity index is 466. The number of para-hydroxylation sites is 1. The molecule has 0 spiro atoms. The third-order valence-corrected chi connectivity index (χ3v) is 3.51. The lowest BCUT2D eigenvalue weighted by Crippen LogP contribution is -2.48. The van der Waals surface area contributed by atoms with Crippen LogP contribution in [0.2, 0.25) is 0 Å². The van der Waals surface area contributed by atoms with Gasteiger partial charge in [0, 0.05) is 19.7 Å². The summed E-state index contributed by atoms with van der Waals surface area (Å²) in [4.78, 5) is 0. The van der Waals surface area contributed by atoms with Gasteiger partial charge in [0.25, 0.3) is 0 Å². The maximum absolute atomic E-state index is 9.86. The molecule has 20 heavy (non-hydrogen) atoms. The van der Waals surface area contributed by atoms with Gasteiger partial charge in [-0.25, -0.2) is 0 Å². The largest absolute Gasteiger partial charge is 0.489 e. The number of nitrogens with zero attached hydrogens (tertiary/aromatic N) is 1. The van der Waals surface area contributed by atoms with E-state index in [4.69, 9.17) is 14.7 Å². The first kappa shape index (κ1) is 14.8. The summed E-state index contributed by atoms with van der Waals surface area (Å²) in [6.45, 7) is 0.655. The minimum absolute atomic E-state index is 0.173. The summed E-state index contributed by atoms with van der Waals surface area (Å²) >= 11 is 0. The molecule has 2 N–H and O–H groups in total. The van der Waals surface area contributed by atoms with E-state index in [1.54, 1.807) is 31.4 Å². The molecular weight excluding hydrogens is 256 g/mol. The molecule has 1 atom stereocenters. The fourth-order valence-corrected chi connectivity index (χ4v) is 2.16. The molecule has 0 amide bonds. The summed E-state index contributed by atoms with van der Waals surface area (Å²) < 4.78 is 10.7. The quantitative estimate of drug-likeness (QED) is 0.779. The fourth-order valence-electron chi connectivity index (χ4n) is 2.16. The Hall–Kier alpha value is -1.61. The number of nitriles is 1. The number of hydrogen-bond donors (Lipinski definition) is 2. The Morgan fingerprint density at radius 1 is 1.45 bits per heavy atom. The second kappa shape index (κ2) is 7.25. The van der Waals surface area contributed by atoms with Gasteiger partial charge in [-0.2, -0.15) is 5.26 Å². The molecule has 1 aromatic rings.